The largest absolute Gasteiger partial charge is 0.334 e. The second-order valence-electron chi connectivity index (χ2n) is 6.42. The first-order valence-electron chi connectivity index (χ1n) is 8.91. The van der Waals surface area contributed by atoms with Crippen molar-refractivity contribution in [2.45, 2.75) is 19.2 Å². The van der Waals surface area contributed by atoms with E-state index in [-0.39, 0.29) is 11.8 Å². The van der Waals surface area contributed by atoms with Crippen molar-refractivity contribution in [3.8, 4) is 11.3 Å². The number of aromatic nitrogens is 1. The van der Waals surface area contributed by atoms with Gasteiger partial charge in [0.25, 0.3) is 0 Å². The number of urea groups is 1. The van der Waals surface area contributed by atoms with Crippen molar-refractivity contribution in [2.24, 2.45) is 0 Å². The highest BCUT2D eigenvalue weighted by atomic mass is 32.2. The van der Waals surface area contributed by atoms with Gasteiger partial charge in [-0.3, -0.25) is 0 Å². The Hall–Kier alpha value is -2.75. The lowest BCUT2D eigenvalue weighted by Crippen LogP contribution is -2.28. The maximum absolute atomic E-state index is 12.1. The van der Waals surface area contributed by atoms with Crippen LogP contribution in [-0.2, 0) is 22.3 Å². The second-order valence-corrected chi connectivity index (χ2v) is 9.41. The van der Waals surface area contributed by atoms with Crippen LogP contribution in [0.2, 0.25) is 0 Å². The number of carbonyl (C=O) groups excluding carboxylic acids is 1. The number of carbonyl (C=O) groups is 1. The van der Waals surface area contributed by atoms with E-state index in [2.05, 4.69) is 20.3 Å². The van der Waals surface area contributed by atoms with Gasteiger partial charge in [0.1, 0.15) is 0 Å². The Morgan fingerprint density at radius 1 is 1.03 bits per heavy atom. The molecule has 1 heterocycles. The summed E-state index contributed by atoms with van der Waals surface area (Å²) < 4.78 is 25.4. The number of hydrogen-bond donors (Lipinski definition) is 3. The van der Waals surface area contributed by atoms with Crippen molar-refractivity contribution in [1.82, 2.24) is 15.0 Å². The fourth-order valence-electron chi connectivity index (χ4n) is 2.62. The summed E-state index contributed by atoms with van der Waals surface area (Å²) in [5, 5.41) is 8.59. The van der Waals surface area contributed by atoms with Crippen LogP contribution in [0.4, 0.5) is 10.5 Å². The highest BCUT2D eigenvalue weighted by Gasteiger charge is 2.09. The van der Waals surface area contributed by atoms with Gasteiger partial charge >= 0.3 is 6.03 Å². The number of thiazole rings is 1. The molecule has 0 saturated carbocycles. The van der Waals surface area contributed by atoms with Gasteiger partial charge in [0.2, 0.25) is 10.0 Å². The molecule has 0 bridgehead atoms. The van der Waals surface area contributed by atoms with Gasteiger partial charge in [-0.05, 0) is 37.2 Å². The zero-order chi connectivity index (χ0) is 20.9. The average Bonchev–Trinajstić information content (AvgIpc) is 3.14. The van der Waals surface area contributed by atoms with Crippen LogP contribution in [0.3, 0.4) is 0 Å². The van der Waals surface area contributed by atoms with Crippen LogP contribution in [0.25, 0.3) is 11.3 Å². The summed E-state index contributed by atoms with van der Waals surface area (Å²) in [6.45, 7) is 2.30. The Labute approximate surface area is 174 Å². The van der Waals surface area contributed by atoms with E-state index in [1.54, 1.807) is 35.6 Å². The Morgan fingerprint density at radius 3 is 2.28 bits per heavy atom. The number of hydrogen-bond acceptors (Lipinski definition) is 5. The van der Waals surface area contributed by atoms with Gasteiger partial charge in [0, 0.05) is 23.2 Å². The van der Waals surface area contributed by atoms with Crippen molar-refractivity contribution < 1.29 is 13.2 Å². The van der Waals surface area contributed by atoms with Crippen molar-refractivity contribution in [3.05, 3.63) is 70.0 Å². The Bertz CT molecular complexity index is 1080. The summed E-state index contributed by atoms with van der Waals surface area (Å²) in [5.41, 5.74) is 4.17. The summed E-state index contributed by atoms with van der Waals surface area (Å²) in [4.78, 5) is 16.6. The van der Waals surface area contributed by atoms with Crippen LogP contribution < -0.4 is 15.4 Å². The molecule has 0 unspecified atom stereocenters. The minimum absolute atomic E-state index is 0.0752. The number of rotatable bonds is 7. The fraction of sp³-hybridized carbons (Fsp3) is 0.200. The number of amides is 2. The molecule has 0 aliphatic heterocycles. The Balaban J connectivity index is 1.51. The van der Waals surface area contributed by atoms with Gasteiger partial charge in [-0.15, -0.1) is 11.3 Å². The molecule has 2 amide bonds. The minimum atomic E-state index is -3.30. The van der Waals surface area contributed by atoms with E-state index in [1.807, 2.05) is 36.6 Å². The molecule has 3 N–H and O–H groups in total. The third-order valence-electron chi connectivity index (χ3n) is 4.20. The number of sulfonamides is 1. The van der Waals surface area contributed by atoms with Gasteiger partial charge < -0.3 is 10.6 Å². The maximum Gasteiger partial charge on any atom is 0.319 e. The van der Waals surface area contributed by atoms with E-state index in [0.717, 1.165) is 21.8 Å². The molecule has 0 atom stereocenters. The first-order valence-corrected chi connectivity index (χ1v) is 11.4. The van der Waals surface area contributed by atoms with Gasteiger partial charge in [0.05, 0.1) is 16.5 Å². The lowest BCUT2D eigenvalue weighted by molar-refractivity contribution is 0.251. The van der Waals surface area contributed by atoms with Crippen LogP contribution in [0.1, 0.15) is 16.1 Å². The fourth-order valence-corrected chi connectivity index (χ4v) is 4.02. The molecule has 0 saturated heterocycles. The van der Waals surface area contributed by atoms with Gasteiger partial charge in [-0.25, -0.2) is 22.9 Å². The number of nitrogens with one attached hydrogen (secondary N) is 3. The van der Waals surface area contributed by atoms with E-state index in [4.69, 9.17) is 0 Å². The molecule has 0 fully saturated rings. The molecule has 0 aliphatic carbocycles. The van der Waals surface area contributed by atoms with Crippen LogP contribution in [0.5, 0.6) is 0 Å². The molecule has 1 aromatic heterocycles. The standard InChI is InChI=1S/C20H22N4O3S2/c1-14-23-19(12-28-14)17-7-9-18(10-8-17)24-20(25)22-11-15-3-5-16(6-4-15)13-29(26,27)21-2/h3-10,12,21H,11,13H2,1-2H3,(H2,22,24,25). The third-order valence-corrected chi connectivity index (χ3v) is 6.31. The van der Waals surface area contributed by atoms with Crippen molar-refractivity contribution >= 4 is 33.1 Å². The molecule has 2 aromatic carbocycles. The SMILES string of the molecule is CNS(=O)(=O)Cc1ccc(CNC(=O)Nc2ccc(-c3csc(C)n3)cc2)cc1. The molecule has 0 aliphatic rings. The molecule has 7 nitrogen and oxygen atoms in total. The van der Waals surface area contributed by atoms with Gasteiger partial charge in [-0.1, -0.05) is 36.4 Å². The molecular formula is C20H22N4O3S2. The average molecular weight is 431 g/mol. The molecule has 29 heavy (non-hydrogen) atoms. The number of nitrogens with zero attached hydrogens (tertiary/aromatic N) is 1. The number of aryl methyl sites for hydroxylation is 1. The zero-order valence-electron chi connectivity index (χ0n) is 16.1. The van der Waals surface area contributed by atoms with E-state index in [9.17, 15) is 13.2 Å². The van der Waals surface area contributed by atoms with Gasteiger partial charge in [0.15, 0.2) is 0 Å². The van der Waals surface area contributed by atoms with E-state index in [1.165, 1.54) is 7.05 Å². The van der Waals surface area contributed by atoms with E-state index in [0.29, 0.717) is 17.8 Å². The lowest BCUT2D eigenvalue weighted by Gasteiger charge is -2.09. The molecular weight excluding hydrogens is 408 g/mol. The topological polar surface area (TPSA) is 100 Å². The van der Waals surface area contributed by atoms with Crippen molar-refractivity contribution in [3.63, 3.8) is 0 Å². The predicted molar refractivity (Wildman–Crippen MR) is 116 cm³/mol. The highest BCUT2D eigenvalue weighted by molar-refractivity contribution is 7.88. The summed E-state index contributed by atoms with van der Waals surface area (Å²) in [6.07, 6.45) is 0. The molecule has 0 radical (unpaired) electrons. The summed E-state index contributed by atoms with van der Waals surface area (Å²) in [7, 11) is -1.91. The normalized spacial score (nSPS) is 11.2. The molecule has 0 spiro atoms. The Kier molecular flexibility index (Phi) is 6.63. The quantitative estimate of drug-likeness (QED) is 0.534. The van der Waals surface area contributed by atoms with Crippen molar-refractivity contribution in [1.29, 1.82) is 0 Å². The van der Waals surface area contributed by atoms with Gasteiger partial charge in [-0.2, -0.15) is 0 Å². The van der Waals surface area contributed by atoms with Crippen LogP contribution in [0, 0.1) is 6.92 Å². The summed E-state index contributed by atoms with van der Waals surface area (Å²) in [5.74, 6) is -0.0752. The minimum Gasteiger partial charge on any atom is -0.334 e. The molecule has 152 valence electrons. The molecule has 3 rings (SSSR count). The third kappa shape index (κ3) is 6.11. The number of benzene rings is 2. The summed E-state index contributed by atoms with van der Waals surface area (Å²) in [6, 6.07) is 14.3. The maximum atomic E-state index is 12.1. The molecule has 3 aromatic rings. The highest BCUT2D eigenvalue weighted by Crippen LogP contribution is 2.23. The van der Waals surface area contributed by atoms with Crippen LogP contribution in [-0.4, -0.2) is 26.5 Å². The second kappa shape index (κ2) is 9.17. The number of anilines is 1. The predicted octanol–water partition coefficient (Wildman–Crippen LogP) is 3.49. The zero-order valence-corrected chi connectivity index (χ0v) is 17.7. The van der Waals surface area contributed by atoms with Crippen LogP contribution >= 0.6 is 11.3 Å². The van der Waals surface area contributed by atoms with E-state index < -0.39 is 10.0 Å². The lowest BCUT2D eigenvalue weighted by atomic mass is 10.1. The smallest absolute Gasteiger partial charge is 0.319 e. The Morgan fingerprint density at radius 2 is 1.69 bits per heavy atom. The molecule has 9 heteroatoms. The van der Waals surface area contributed by atoms with Crippen LogP contribution in [0.15, 0.2) is 53.9 Å². The van der Waals surface area contributed by atoms with Crippen molar-refractivity contribution in [2.75, 3.05) is 12.4 Å². The first kappa shape index (κ1) is 21.0. The summed E-state index contributed by atoms with van der Waals surface area (Å²) >= 11 is 1.60. The first-order chi connectivity index (χ1) is 13.8. The monoisotopic (exact) mass is 430 g/mol. The van der Waals surface area contributed by atoms with E-state index >= 15 is 0 Å².